The van der Waals surface area contributed by atoms with E-state index in [0.717, 1.165) is 6.42 Å². The van der Waals surface area contributed by atoms with E-state index in [4.69, 9.17) is 0 Å². The number of amides is 1. The summed E-state index contributed by atoms with van der Waals surface area (Å²) < 4.78 is 23.2. The Balaban J connectivity index is 2.65. The van der Waals surface area contributed by atoms with Gasteiger partial charge < -0.3 is 5.32 Å². The standard InChI is InChI=1S/C9H16BrNO3S/c1-7(6-10)11-9(12)8-4-2-3-5-15(8,13)14/h7-8H,2-6H2,1H3,(H,11,12). The predicted molar refractivity (Wildman–Crippen MR) is 62.8 cm³/mol. The Morgan fingerprint density at radius 2 is 2.20 bits per heavy atom. The van der Waals surface area contributed by atoms with Crippen LogP contribution < -0.4 is 5.32 Å². The van der Waals surface area contributed by atoms with Crippen LogP contribution in [0.5, 0.6) is 0 Å². The molecule has 0 bridgehead atoms. The minimum absolute atomic E-state index is 0.0328. The molecule has 1 aliphatic heterocycles. The molecule has 0 aliphatic carbocycles. The fourth-order valence-electron chi connectivity index (χ4n) is 1.62. The molecule has 0 aromatic rings. The van der Waals surface area contributed by atoms with Gasteiger partial charge in [-0.1, -0.05) is 22.4 Å². The first-order valence-electron chi connectivity index (χ1n) is 5.05. The molecule has 1 saturated heterocycles. The first-order chi connectivity index (χ1) is 6.97. The molecule has 0 aromatic carbocycles. The Morgan fingerprint density at radius 3 is 2.73 bits per heavy atom. The summed E-state index contributed by atoms with van der Waals surface area (Å²) in [4.78, 5) is 11.7. The Hall–Kier alpha value is -0.100. The smallest absolute Gasteiger partial charge is 0.238 e. The molecular formula is C9H16BrNO3S. The van der Waals surface area contributed by atoms with Crippen molar-refractivity contribution in [1.82, 2.24) is 5.32 Å². The van der Waals surface area contributed by atoms with Gasteiger partial charge in [0.15, 0.2) is 9.84 Å². The van der Waals surface area contributed by atoms with Gasteiger partial charge in [0.05, 0.1) is 5.75 Å². The second kappa shape index (κ2) is 5.30. The number of carbonyl (C=O) groups is 1. The highest BCUT2D eigenvalue weighted by atomic mass is 79.9. The van der Waals surface area contributed by atoms with Crippen molar-refractivity contribution in [1.29, 1.82) is 0 Å². The molecule has 1 rings (SSSR count). The summed E-state index contributed by atoms with van der Waals surface area (Å²) in [7, 11) is -3.20. The summed E-state index contributed by atoms with van der Waals surface area (Å²) >= 11 is 3.23. The van der Waals surface area contributed by atoms with Gasteiger partial charge >= 0.3 is 0 Å². The predicted octanol–water partition coefficient (Wildman–Crippen LogP) is 0.853. The lowest BCUT2D eigenvalue weighted by Gasteiger charge is -2.22. The quantitative estimate of drug-likeness (QED) is 0.786. The normalized spacial score (nSPS) is 26.9. The highest BCUT2D eigenvalue weighted by Crippen LogP contribution is 2.19. The third-order valence-corrected chi connectivity index (χ3v) is 5.64. The molecular weight excluding hydrogens is 282 g/mol. The Labute approximate surface area is 98.9 Å². The third-order valence-electron chi connectivity index (χ3n) is 2.49. The molecule has 2 unspecified atom stereocenters. The molecule has 4 nitrogen and oxygen atoms in total. The van der Waals surface area contributed by atoms with E-state index in [0.29, 0.717) is 18.2 Å². The van der Waals surface area contributed by atoms with Gasteiger partial charge in [-0.25, -0.2) is 8.42 Å². The fourth-order valence-corrected chi connectivity index (χ4v) is 3.60. The van der Waals surface area contributed by atoms with E-state index < -0.39 is 15.1 Å². The van der Waals surface area contributed by atoms with Crippen LogP contribution in [-0.4, -0.2) is 36.7 Å². The molecule has 88 valence electrons. The van der Waals surface area contributed by atoms with Crippen molar-refractivity contribution < 1.29 is 13.2 Å². The zero-order chi connectivity index (χ0) is 11.5. The maximum Gasteiger partial charge on any atom is 0.238 e. The number of hydrogen-bond acceptors (Lipinski definition) is 3. The average Bonchev–Trinajstić information content (AvgIpc) is 2.16. The average molecular weight is 298 g/mol. The first kappa shape index (κ1) is 13.0. The zero-order valence-electron chi connectivity index (χ0n) is 8.70. The Bertz CT molecular complexity index is 328. The zero-order valence-corrected chi connectivity index (χ0v) is 11.1. The van der Waals surface area contributed by atoms with E-state index in [2.05, 4.69) is 21.2 Å². The first-order valence-corrected chi connectivity index (χ1v) is 7.89. The van der Waals surface area contributed by atoms with Gasteiger partial charge in [-0.3, -0.25) is 4.79 Å². The van der Waals surface area contributed by atoms with E-state index in [1.165, 1.54) is 0 Å². The summed E-state index contributed by atoms with van der Waals surface area (Å²) in [6.07, 6.45) is 1.96. The monoisotopic (exact) mass is 297 g/mol. The summed E-state index contributed by atoms with van der Waals surface area (Å²) in [6.45, 7) is 1.84. The van der Waals surface area contributed by atoms with Crippen molar-refractivity contribution >= 4 is 31.7 Å². The largest absolute Gasteiger partial charge is 0.352 e. The molecule has 6 heteroatoms. The lowest BCUT2D eigenvalue weighted by molar-refractivity contribution is -0.121. The molecule has 0 saturated carbocycles. The van der Waals surface area contributed by atoms with Gasteiger partial charge in [-0.2, -0.15) is 0 Å². The van der Waals surface area contributed by atoms with Crippen LogP contribution in [-0.2, 0) is 14.6 Å². The van der Waals surface area contributed by atoms with E-state index in [1.807, 2.05) is 6.92 Å². The van der Waals surface area contributed by atoms with Crippen molar-refractivity contribution in [3.63, 3.8) is 0 Å². The third kappa shape index (κ3) is 3.45. The van der Waals surface area contributed by atoms with Crippen LogP contribution in [0.4, 0.5) is 0 Å². The topological polar surface area (TPSA) is 63.2 Å². The lowest BCUT2D eigenvalue weighted by atomic mass is 10.2. The van der Waals surface area contributed by atoms with Gasteiger partial charge in [0.1, 0.15) is 5.25 Å². The van der Waals surface area contributed by atoms with Gasteiger partial charge in [-0.05, 0) is 19.8 Å². The molecule has 1 amide bonds. The summed E-state index contributed by atoms with van der Waals surface area (Å²) in [6, 6.07) is -0.0328. The second-order valence-corrected chi connectivity index (χ2v) is 6.87. The SMILES string of the molecule is CC(CBr)NC(=O)C1CCCCS1(=O)=O. The summed E-state index contributed by atoms with van der Waals surface area (Å²) in [5.74, 6) is -0.199. The molecule has 15 heavy (non-hydrogen) atoms. The van der Waals surface area contributed by atoms with E-state index in [-0.39, 0.29) is 17.7 Å². The number of sulfone groups is 1. The Morgan fingerprint density at radius 1 is 1.53 bits per heavy atom. The van der Waals surface area contributed by atoms with Crippen molar-refractivity contribution in [3.8, 4) is 0 Å². The molecule has 1 fully saturated rings. The molecule has 1 heterocycles. The minimum Gasteiger partial charge on any atom is -0.352 e. The molecule has 0 aromatic heterocycles. The number of rotatable bonds is 3. The van der Waals surface area contributed by atoms with Crippen LogP contribution in [0, 0.1) is 0 Å². The number of nitrogens with one attached hydrogen (secondary N) is 1. The maximum atomic E-state index is 11.7. The molecule has 0 radical (unpaired) electrons. The van der Waals surface area contributed by atoms with Crippen LogP contribution >= 0.6 is 15.9 Å². The number of halogens is 1. The van der Waals surface area contributed by atoms with Crippen molar-refractivity contribution in [2.45, 2.75) is 37.5 Å². The van der Waals surface area contributed by atoms with E-state index in [1.54, 1.807) is 0 Å². The van der Waals surface area contributed by atoms with Crippen LogP contribution in [0.15, 0.2) is 0 Å². The summed E-state index contributed by atoms with van der Waals surface area (Å²) in [5, 5.41) is 2.49. The van der Waals surface area contributed by atoms with Crippen LogP contribution in [0.1, 0.15) is 26.2 Å². The van der Waals surface area contributed by atoms with Crippen LogP contribution in [0.2, 0.25) is 0 Å². The second-order valence-electron chi connectivity index (χ2n) is 3.92. The Kier molecular flexibility index (Phi) is 4.58. The van der Waals surface area contributed by atoms with Gasteiger partial charge in [0.25, 0.3) is 0 Å². The van der Waals surface area contributed by atoms with E-state index in [9.17, 15) is 13.2 Å². The molecule has 1 aliphatic rings. The van der Waals surface area contributed by atoms with Gasteiger partial charge in [0, 0.05) is 11.4 Å². The van der Waals surface area contributed by atoms with Crippen molar-refractivity contribution in [2.75, 3.05) is 11.1 Å². The fraction of sp³-hybridized carbons (Fsp3) is 0.889. The van der Waals surface area contributed by atoms with Crippen molar-refractivity contribution in [2.24, 2.45) is 0 Å². The van der Waals surface area contributed by atoms with Gasteiger partial charge in [0.2, 0.25) is 5.91 Å². The highest BCUT2D eigenvalue weighted by Gasteiger charge is 2.34. The van der Waals surface area contributed by atoms with Crippen molar-refractivity contribution in [3.05, 3.63) is 0 Å². The van der Waals surface area contributed by atoms with E-state index >= 15 is 0 Å². The number of alkyl halides is 1. The minimum atomic E-state index is -3.20. The number of carbonyl (C=O) groups excluding carboxylic acids is 1. The lowest BCUT2D eigenvalue weighted by Crippen LogP contribution is -2.46. The maximum absolute atomic E-state index is 11.7. The molecule has 0 spiro atoms. The van der Waals surface area contributed by atoms with Gasteiger partial charge in [-0.15, -0.1) is 0 Å². The number of hydrogen-bond donors (Lipinski definition) is 1. The molecule has 1 N–H and O–H groups in total. The highest BCUT2D eigenvalue weighted by molar-refractivity contribution is 9.09. The van der Waals surface area contributed by atoms with Crippen LogP contribution in [0.25, 0.3) is 0 Å². The van der Waals surface area contributed by atoms with Crippen LogP contribution in [0.3, 0.4) is 0 Å². The summed E-state index contributed by atoms with van der Waals surface area (Å²) in [5.41, 5.74) is 0. The molecule has 2 atom stereocenters.